The lowest BCUT2D eigenvalue weighted by atomic mass is 10.4. The smallest absolute Gasteiger partial charge is 0.207 e. The Morgan fingerprint density at radius 1 is 1.12 bits per heavy atom. The molecule has 1 rings (SSSR count). The van der Waals surface area contributed by atoms with Gasteiger partial charge in [-0.3, -0.25) is 0 Å². The first-order chi connectivity index (χ1) is 7.63. The van der Waals surface area contributed by atoms with Crippen molar-refractivity contribution in [1.29, 1.82) is 0 Å². The fourth-order valence-corrected chi connectivity index (χ4v) is 2.80. The van der Waals surface area contributed by atoms with Crippen LogP contribution >= 0.6 is 58.0 Å². The largest absolute Gasteiger partial charge is 0.241 e. The van der Waals surface area contributed by atoms with Crippen molar-refractivity contribution in [3.05, 3.63) is 29.3 Å². The van der Waals surface area contributed by atoms with E-state index >= 15 is 0 Å². The molecule has 0 aliphatic carbocycles. The average molecular weight is 357 g/mol. The SMILES string of the molecule is O=S(=O)(NC(Cl)C(Cl)(Cl)Cl)c1ccc(Cl)cc1. The molecule has 0 aliphatic heterocycles. The van der Waals surface area contributed by atoms with E-state index in [1.807, 2.05) is 4.72 Å². The molecule has 1 N–H and O–H groups in total. The molecule has 0 amide bonds. The topological polar surface area (TPSA) is 46.2 Å². The summed E-state index contributed by atoms with van der Waals surface area (Å²) in [6.07, 6.45) is 0. The number of hydrogen-bond donors (Lipinski definition) is 1. The summed E-state index contributed by atoms with van der Waals surface area (Å²) < 4.78 is 23.7. The van der Waals surface area contributed by atoms with Crippen molar-refractivity contribution < 1.29 is 8.42 Å². The standard InChI is InChI=1S/C8H6Cl5NO2S/c9-5-1-3-6(4-2-5)17(15,16)14-7(10)8(11,12)13/h1-4,7,14H. The van der Waals surface area contributed by atoms with Gasteiger partial charge in [-0.2, -0.15) is 4.72 Å². The normalized spacial score (nSPS) is 14.6. The first kappa shape index (κ1) is 15.6. The van der Waals surface area contributed by atoms with Gasteiger partial charge in [0.15, 0.2) is 0 Å². The van der Waals surface area contributed by atoms with Crippen molar-refractivity contribution in [2.45, 2.75) is 14.2 Å². The van der Waals surface area contributed by atoms with Gasteiger partial charge in [0, 0.05) is 5.02 Å². The Bertz CT molecular complexity index is 482. The number of alkyl halides is 4. The molecule has 0 spiro atoms. The van der Waals surface area contributed by atoms with E-state index in [9.17, 15) is 8.42 Å². The number of benzene rings is 1. The molecule has 3 nitrogen and oxygen atoms in total. The van der Waals surface area contributed by atoms with Crippen LogP contribution in [0.15, 0.2) is 29.2 Å². The van der Waals surface area contributed by atoms with E-state index in [2.05, 4.69) is 0 Å². The quantitative estimate of drug-likeness (QED) is 0.664. The molecule has 0 saturated carbocycles. The van der Waals surface area contributed by atoms with Crippen molar-refractivity contribution >= 4 is 68.0 Å². The van der Waals surface area contributed by atoms with Crippen molar-refractivity contribution in [2.75, 3.05) is 0 Å². The molecule has 1 atom stereocenters. The zero-order valence-electron chi connectivity index (χ0n) is 8.00. The molecule has 0 bridgehead atoms. The zero-order chi connectivity index (χ0) is 13.3. The van der Waals surface area contributed by atoms with Gasteiger partial charge in [0.2, 0.25) is 13.8 Å². The fourth-order valence-electron chi connectivity index (χ4n) is 0.885. The number of nitrogens with one attached hydrogen (secondary N) is 1. The van der Waals surface area contributed by atoms with Crippen LogP contribution in [0, 0.1) is 0 Å². The van der Waals surface area contributed by atoms with Gasteiger partial charge in [0.05, 0.1) is 4.90 Å². The highest BCUT2D eigenvalue weighted by atomic mass is 35.6. The molecule has 0 aromatic heterocycles. The molecule has 0 heterocycles. The third-order valence-electron chi connectivity index (χ3n) is 1.67. The Labute approximate surface area is 124 Å². The summed E-state index contributed by atoms with van der Waals surface area (Å²) in [7, 11) is -3.85. The van der Waals surface area contributed by atoms with E-state index in [0.717, 1.165) is 0 Å². The molecule has 1 aromatic rings. The highest BCUT2D eigenvalue weighted by molar-refractivity contribution is 7.89. The molecular weight excluding hydrogens is 351 g/mol. The van der Waals surface area contributed by atoms with Gasteiger partial charge in [-0.05, 0) is 24.3 Å². The van der Waals surface area contributed by atoms with Crippen LogP contribution in [-0.2, 0) is 10.0 Å². The predicted octanol–water partition coefficient (Wildman–Crippen LogP) is 3.55. The molecule has 9 heteroatoms. The Morgan fingerprint density at radius 3 is 2.00 bits per heavy atom. The van der Waals surface area contributed by atoms with Crippen LogP contribution < -0.4 is 4.72 Å². The summed E-state index contributed by atoms with van der Waals surface area (Å²) in [5.74, 6) is 0. The minimum absolute atomic E-state index is 0.0261. The van der Waals surface area contributed by atoms with Crippen LogP contribution in [0.1, 0.15) is 0 Å². The molecule has 0 aliphatic rings. The van der Waals surface area contributed by atoms with Crippen LogP contribution in [0.5, 0.6) is 0 Å². The van der Waals surface area contributed by atoms with E-state index in [1.165, 1.54) is 24.3 Å². The Kier molecular flexibility index (Phi) is 5.24. The lowest BCUT2D eigenvalue weighted by Crippen LogP contribution is -2.39. The minimum Gasteiger partial charge on any atom is -0.207 e. The monoisotopic (exact) mass is 355 g/mol. The summed E-state index contributed by atoms with van der Waals surface area (Å²) >= 11 is 27.6. The zero-order valence-corrected chi connectivity index (χ0v) is 12.6. The van der Waals surface area contributed by atoms with Crippen LogP contribution in [0.4, 0.5) is 0 Å². The summed E-state index contributed by atoms with van der Waals surface area (Å²) in [5.41, 5.74) is -1.38. The summed E-state index contributed by atoms with van der Waals surface area (Å²) in [6.45, 7) is 0. The van der Waals surface area contributed by atoms with Gasteiger partial charge in [0.1, 0.15) is 5.50 Å². The maximum Gasteiger partial charge on any atom is 0.241 e. The van der Waals surface area contributed by atoms with E-state index in [0.29, 0.717) is 5.02 Å². The fraction of sp³-hybridized carbons (Fsp3) is 0.250. The van der Waals surface area contributed by atoms with Crippen LogP contribution in [0.25, 0.3) is 0 Å². The lowest BCUT2D eigenvalue weighted by molar-refractivity contribution is 0.578. The molecule has 1 unspecified atom stereocenters. The first-order valence-corrected chi connectivity index (χ1v) is 7.55. The van der Waals surface area contributed by atoms with E-state index < -0.39 is 19.3 Å². The van der Waals surface area contributed by atoms with Crippen LogP contribution in [-0.4, -0.2) is 17.7 Å². The third-order valence-corrected chi connectivity index (χ3v) is 4.92. The first-order valence-electron chi connectivity index (χ1n) is 4.11. The molecule has 96 valence electrons. The summed E-state index contributed by atoms with van der Waals surface area (Å²) in [4.78, 5) is -0.0261. The number of hydrogen-bond acceptors (Lipinski definition) is 2. The number of halogens is 5. The maximum atomic E-state index is 11.8. The van der Waals surface area contributed by atoms with Gasteiger partial charge in [-0.15, -0.1) is 11.6 Å². The van der Waals surface area contributed by atoms with Gasteiger partial charge < -0.3 is 0 Å². The van der Waals surface area contributed by atoms with E-state index in [1.54, 1.807) is 0 Å². The minimum atomic E-state index is -3.85. The number of rotatable bonds is 3. The van der Waals surface area contributed by atoms with Crippen LogP contribution in [0.2, 0.25) is 5.02 Å². The second kappa shape index (κ2) is 5.70. The third kappa shape index (κ3) is 4.63. The summed E-state index contributed by atoms with van der Waals surface area (Å²) in [5, 5.41) is 0.410. The van der Waals surface area contributed by atoms with Crippen molar-refractivity contribution in [3.8, 4) is 0 Å². The highest BCUT2D eigenvalue weighted by Crippen LogP contribution is 2.33. The van der Waals surface area contributed by atoms with Gasteiger partial charge in [-0.25, -0.2) is 8.42 Å². The average Bonchev–Trinajstić information content (AvgIpc) is 2.16. The molecule has 1 aromatic carbocycles. The van der Waals surface area contributed by atoms with Crippen molar-refractivity contribution in [1.82, 2.24) is 4.72 Å². The summed E-state index contributed by atoms with van der Waals surface area (Å²) in [6, 6.07) is 5.47. The maximum absolute atomic E-state index is 11.8. The Morgan fingerprint density at radius 2 is 1.59 bits per heavy atom. The molecule has 0 radical (unpaired) electrons. The Balaban J connectivity index is 2.94. The molecule has 0 fully saturated rings. The molecular formula is C8H6Cl5NO2S. The van der Waals surface area contributed by atoms with Gasteiger partial charge in [-0.1, -0.05) is 46.4 Å². The van der Waals surface area contributed by atoms with E-state index in [-0.39, 0.29) is 4.90 Å². The van der Waals surface area contributed by atoms with Gasteiger partial charge >= 0.3 is 0 Å². The second-order valence-electron chi connectivity index (χ2n) is 2.98. The molecule has 17 heavy (non-hydrogen) atoms. The van der Waals surface area contributed by atoms with Crippen LogP contribution in [0.3, 0.4) is 0 Å². The van der Waals surface area contributed by atoms with Crippen molar-refractivity contribution in [2.24, 2.45) is 0 Å². The second-order valence-corrected chi connectivity index (χ2v) is 7.94. The Hall–Kier alpha value is 0.580. The highest BCUT2D eigenvalue weighted by Gasteiger charge is 2.34. The van der Waals surface area contributed by atoms with Crippen molar-refractivity contribution in [3.63, 3.8) is 0 Å². The van der Waals surface area contributed by atoms with E-state index in [4.69, 9.17) is 58.0 Å². The predicted molar refractivity (Wildman–Crippen MR) is 71.7 cm³/mol. The number of sulfonamides is 1. The van der Waals surface area contributed by atoms with Gasteiger partial charge in [0.25, 0.3) is 0 Å². The lowest BCUT2D eigenvalue weighted by Gasteiger charge is -2.19. The molecule has 0 saturated heterocycles.